The summed E-state index contributed by atoms with van der Waals surface area (Å²) in [5.74, 6) is 0.316. The Bertz CT molecular complexity index is 400. The minimum Gasteiger partial charge on any atom is -0.338 e. The molecule has 1 amide bonds. The number of benzene rings is 1. The molecule has 0 aliphatic carbocycles. The van der Waals surface area contributed by atoms with E-state index < -0.39 is 0 Å². The third-order valence-corrected chi connectivity index (χ3v) is 3.56. The van der Waals surface area contributed by atoms with Crippen LogP contribution in [-0.2, 0) is 11.3 Å². The van der Waals surface area contributed by atoms with E-state index in [1.54, 1.807) is 0 Å². The van der Waals surface area contributed by atoms with Gasteiger partial charge in [0.15, 0.2) is 0 Å². The highest BCUT2D eigenvalue weighted by Crippen LogP contribution is 2.14. The van der Waals surface area contributed by atoms with Crippen LogP contribution in [0.1, 0.15) is 44.2 Å². The standard InChI is InChI=1S/C17H28N2O/c1-4-12-19(17(20)15(3)6-5-11-18)13-16-9-7-14(2)8-10-16/h7-10,15H,4-6,11-13,18H2,1-3H3. The third-order valence-electron chi connectivity index (χ3n) is 3.56. The zero-order chi connectivity index (χ0) is 15.0. The van der Waals surface area contributed by atoms with Crippen LogP contribution in [0.25, 0.3) is 0 Å². The Morgan fingerprint density at radius 3 is 2.50 bits per heavy atom. The van der Waals surface area contributed by atoms with Crippen LogP contribution in [0.3, 0.4) is 0 Å². The van der Waals surface area contributed by atoms with Gasteiger partial charge in [0.25, 0.3) is 0 Å². The third kappa shape index (κ3) is 5.33. The van der Waals surface area contributed by atoms with Crippen LogP contribution >= 0.6 is 0 Å². The van der Waals surface area contributed by atoms with E-state index in [-0.39, 0.29) is 11.8 Å². The topological polar surface area (TPSA) is 46.3 Å². The van der Waals surface area contributed by atoms with Crippen molar-refractivity contribution in [1.82, 2.24) is 4.90 Å². The molecule has 2 N–H and O–H groups in total. The van der Waals surface area contributed by atoms with E-state index >= 15 is 0 Å². The SMILES string of the molecule is CCCN(Cc1ccc(C)cc1)C(=O)C(C)CCCN. The van der Waals surface area contributed by atoms with Crippen molar-refractivity contribution >= 4 is 5.91 Å². The van der Waals surface area contributed by atoms with Gasteiger partial charge in [0.05, 0.1) is 0 Å². The molecule has 0 spiro atoms. The first-order valence-corrected chi connectivity index (χ1v) is 7.62. The van der Waals surface area contributed by atoms with Crippen molar-refractivity contribution in [1.29, 1.82) is 0 Å². The van der Waals surface area contributed by atoms with Gasteiger partial charge < -0.3 is 10.6 Å². The quantitative estimate of drug-likeness (QED) is 0.793. The number of aryl methyl sites for hydroxylation is 1. The minimum atomic E-state index is 0.0653. The Morgan fingerprint density at radius 2 is 1.95 bits per heavy atom. The van der Waals surface area contributed by atoms with Crippen molar-refractivity contribution in [2.75, 3.05) is 13.1 Å². The lowest BCUT2D eigenvalue weighted by atomic mass is 10.0. The first kappa shape index (κ1) is 16.7. The van der Waals surface area contributed by atoms with E-state index in [9.17, 15) is 4.79 Å². The summed E-state index contributed by atoms with van der Waals surface area (Å²) in [6.45, 7) is 8.38. The highest BCUT2D eigenvalue weighted by molar-refractivity contribution is 5.78. The number of carbonyl (C=O) groups is 1. The second-order valence-corrected chi connectivity index (χ2v) is 5.58. The van der Waals surface area contributed by atoms with Crippen LogP contribution in [0.4, 0.5) is 0 Å². The maximum absolute atomic E-state index is 12.5. The first-order chi connectivity index (χ1) is 9.58. The molecule has 1 unspecified atom stereocenters. The molecule has 1 aromatic carbocycles. The van der Waals surface area contributed by atoms with E-state index in [1.807, 2.05) is 11.8 Å². The van der Waals surface area contributed by atoms with E-state index in [1.165, 1.54) is 11.1 Å². The van der Waals surface area contributed by atoms with E-state index in [2.05, 4.69) is 38.1 Å². The second kappa shape index (κ2) is 8.75. The lowest BCUT2D eigenvalue weighted by Crippen LogP contribution is -2.35. The fraction of sp³-hybridized carbons (Fsp3) is 0.588. The Morgan fingerprint density at radius 1 is 1.30 bits per heavy atom. The van der Waals surface area contributed by atoms with Gasteiger partial charge in [-0.05, 0) is 38.3 Å². The minimum absolute atomic E-state index is 0.0653. The molecule has 0 aliphatic heterocycles. The summed E-state index contributed by atoms with van der Waals surface area (Å²) < 4.78 is 0. The molecule has 0 saturated heterocycles. The van der Waals surface area contributed by atoms with Crippen LogP contribution in [0.15, 0.2) is 24.3 Å². The molecule has 1 aromatic rings. The number of rotatable bonds is 8. The molecule has 0 bridgehead atoms. The maximum Gasteiger partial charge on any atom is 0.225 e. The second-order valence-electron chi connectivity index (χ2n) is 5.58. The van der Waals surface area contributed by atoms with Gasteiger partial charge in [-0.2, -0.15) is 0 Å². The zero-order valence-corrected chi connectivity index (χ0v) is 13.1. The van der Waals surface area contributed by atoms with Gasteiger partial charge in [0.2, 0.25) is 5.91 Å². The number of amides is 1. The molecule has 3 nitrogen and oxygen atoms in total. The fourth-order valence-corrected chi connectivity index (χ4v) is 2.31. The molecular weight excluding hydrogens is 248 g/mol. The molecule has 20 heavy (non-hydrogen) atoms. The number of carbonyl (C=O) groups excluding carboxylic acids is 1. The molecule has 0 fully saturated rings. The van der Waals surface area contributed by atoms with Crippen molar-refractivity contribution in [3.63, 3.8) is 0 Å². The highest BCUT2D eigenvalue weighted by atomic mass is 16.2. The molecule has 0 aromatic heterocycles. The zero-order valence-electron chi connectivity index (χ0n) is 13.1. The van der Waals surface area contributed by atoms with Crippen LogP contribution < -0.4 is 5.73 Å². The van der Waals surface area contributed by atoms with E-state index in [4.69, 9.17) is 5.73 Å². The van der Waals surface area contributed by atoms with Gasteiger partial charge in [0, 0.05) is 19.0 Å². The summed E-state index contributed by atoms with van der Waals surface area (Å²) >= 11 is 0. The molecule has 0 heterocycles. The molecule has 1 atom stereocenters. The average Bonchev–Trinajstić information content (AvgIpc) is 2.45. The lowest BCUT2D eigenvalue weighted by Gasteiger charge is -2.25. The van der Waals surface area contributed by atoms with Crippen molar-refractivity contribution < 1.29 is 4.79 Å². The van der Waals surface area contributed by atoms with E-state index in [0.717, 1.165) is 25.8 Å². The Balaban J connectivity index is 2.67. The van der Waals surface area contributed by atoms with Crippen LogP contribution in [0, 0.1) is 12.8 Å². The fourth-order valence-electron chi connectivity index (χ4n) is 2.31. The van der Waals surface area contributed by atoms with Crippen molar-refractivity contribution in [3.8, 4) is 0 Å². The van der Waals surface area contributed by atoms with E-state index in [0.29, 0.717) is 13.1 Å². The largest absolute Gasteiger partial charge is 0.338 e. The summed E-state index contributed by atoms with van der Waals surface area (Å²) in [6.07, 6.45) is 2.78. The number of hydrogen-bond acceptors (Lipinski definition) is 2. The molecule has 112 valence electrons. The lowest BCUT2D eigenvalue weighted by molar-refractivity contribution is -0.135. The Kier molecular flexibility index (Phi) is 7.31. The summed E-state index contributed by atoms with van der Waals surface area (Å²) in [4.78, 5) is 14.5. The summed E-state index contributed by atoms with van der Waals surface area (Å²) in [7, 11) is 0. The van der Waals surface area contributed by atoms with Gasteiger partial charge in [0.1, 0.15) is 0 Å². The Labute approximate surface area is 123 Å². The summed E-state index contributed by atoms with van der Waals surface area (Å²) in [5, 5.41) is 0. The number of nitrogens with two attached hydrogens (primary N) is 1. The predicted octanol–water partition coefficient (Wildman–Crippen LogP) is 3.11. The maximum atomic E-state index is 12.5. The van der Waals surface area contributed by atoms with Gasteiger partial charge in [-0.15, -0.1) is 0 Å². The summed E-state index contributed by atoms with van der Waals surface area (Å²) in [6, 6.07) is 8.41. The van der Waals surface area contributed by atoms with Crippen molar-refractivity contribution in [2.45, 2.75) is 46.6 Å². The normalized spacial score (nSPS) is 12.2. The summed E-state index contributed by atoms with van der Waals surface area (Å²) in [5.41, 5.74) is 7.97. The molecular formula is C17H28N2O. The van der Waals surface area contributed by atoms with Crippen molar-refractivity contribution in [2.24, 2.45) is 11.7 Å². The molecule has 0 radical (unpaired) electrons. The van der Waals surface area contributed by atoms with Gasteiger partial charge in [-0.25, -0.2) is 0 Å². The molecule has 1 rings (SSSR count). The van der Waals surface area contributed by atoms with Gasteiger partial charge >= 0.3 is 0 Å². The van der Waals surface area contributed by atoms with Crippen LogP contribution in [0.2, 0.25) is 0 Å². The average molecular weight is 276 g/mol. The first-order valence-electron chi connectivity index (χ1n) is 7.62. The van der Waals surface area contributed by atoms with Crippen molar-refractivity contribution in [3.05, 3.63) is 35.4 Å². The van der Waals surface area contributed by atoms with Crippen LogP contribution in [0.5, 0.6) is 0 Å². The molecule has 0 aliphatic rings. The highest BCUT2D eigenvalue weighted by Gasteiger charge is 2.19. The predicted molar refractivity (Wildman–Crippen MR) is 84.3 cm³/mol. The molecule has 3 heteroatoms. The Hall–Kier alpha value is -1.35. The monoisotopic (exact) mass is 276 g/mol. The number of hydrogen-bond donors (Lipinski definition) is 1. The van der Waals surface area contributed by atoms with Gasteiger partial charge in [-0.3, -0.25) is 4.79 Å². The smallest absolute Gasteiger partial charge is 0.225 e. The van der Waals surface area contributed by atoms with Gasteiger partial charge in [-0.1, -0.05) is 43.7 Å². The van der Waals surface area contributed by atoms with Crippen LogP contribution in [-0.4, -0.2) is 23.9 Å². The number of nitrogens with zero attached hydrogens (tertiary/aromatic N) is 1. The molecule has 0 saturated carbocycles.